The lowest BCUT2D eigenvalue weighted by molar-refractivity contribution is 1.14. The van der Waals surface area contributed by atoms with Crippen LogP contribution in [-0.2, 0) is 0 Å². The molecule has 1 aromatic heterocycles. The summed E-state index contributed by atoms with van der Waals surface area (Å²) in [6, 6.07) is 18.0. The Kier molecular flexibility index (Phi) is 6.19. The van der Waals surface area contributed by atoms with Crippen molar-refractivity contribution in [3.05, 3.63) is 91.3 Å². The fourth-order valence-electron chi connectivity index (χ4n) is 2.14. The molecule has 2 aromatic carbocycles. The third-order valence-corrected chi connectivity index (χ3v) is 4.60. The third kappa shape index (κ3) is 5.63. The molecule has 0 saturated heterocycles. The van der Waals surface area contributed by atoms with E-state index in [1.807, 2.05) is 78.9 Å². The van der Waals surface area contributed by atoms with E-state index in [2.05, 4.69) is 41.8 Å². The molecule has 0 aliphatic rings. The fraction of sp³-hybridized carbons (Fsp3) is 0. The Morgan fingerprint density at radius 3 is 1.44 bits per heavy atom. The molecule has 2 nitrogen and oxygen atoms in total. The lowest BCUT2D eigenvalue weighted by Crippen LogP contribution is -1.89. The van der Waals surface area contributed by atoms with Crippen LogP contribution < -0.4 is 0 Å². The standard InChI is InChI=1S/C20H13Br2ClN2/c21-16-7-1-14(2-8-16)5-11-18-13-19(25-20(23)24-18)12-6-15-3-9-17(22)10-4-15/h1-13H. The van der Waals surface area contributed by atoms with Crippen molar-refractivity contribution in [2.24, 2.45) is 0 Å². The molecule has 1 heterocycles. The van der Waals surface area contributed by atoms with E-state index in [0.29, 0.717) is 0 Å². The van der Waals surface area contributed by atoms with E-state index in [0.717, 1.165) is 31.5 Å². The summed E-state index contributed by atoms with van der Waals surface area (Å²) in [5, 5.41) is 0.230. The van der Waals surface area contributed by atoms with Crippen molar-refractivity contribution >= 4 is 67.8 Å². The minimum atomic E-state index is 0.230. The van der Waals surface area contributed by atoms with Crippen LogP contribution in [0.25, 0.3) is 24.3 Å². The van der Waals surface area contributed by atoms with Gasteiger partial charge in [0.2, 0.25) is 5.28 Å². The second-order valence-electron chi connectivity index (χ2n) is 5.26. The fourth-order valence-corrected chi connectivity index (χ4v) is 2.86. The molecule has 5 heteroatoms. The molecule has 0 N–H and O–H groups in total. The molecular weight excluding hydrogens is 463 g/mol. The van der Waals surface area contributed by atoms with E-state index in [1.165, 1.54) is 0 Å². The van der Waals surface area contributed by atoms with E-state index in [9.17, 15) is 0 Å². The number of rotatable bonds is 4. The molecule has 25 heavy (non-hydrogen) atoms. The summed E-state index contributed by atoms with van der Waals surface area (Å²) >= 11 is 12.9. The second-order valence-corrected chi connectivity index (χ2v) is 7.43. The lowest BCUT2D eigenvalue weighted by atomic mass is 10.2. The van der Waals surface area contributed by atoms with Crippen molar-refractivity contribution < 1.29 is 0 Å². The summed E-state index contributed by atoms with van der Waals surface area (Å²) in [5.41, 5.74) is 3.70. The van der Waals surface area contributed by atoms with Crippen LogP contribution in [0.3, 0.4) is 0 Å². The van der Waals surface area contributed by atoms with Gasteiger partial charge in [-0.1, -0.05) is 68.3 Å². The molecule has 0 bridgehead atoms. The van der Waals surface area contributed by atoms with E-state index < -0.39 is 0 Å². The minimum absolute atomic E-state index is 0.230. The predicted octanol–water partition coefficient (Wildman–Crippen LogP) is 7.00. The molecule has 3 aromatic rings. The Hall–Kier alpha value is -1.75. The van der Waals surface area contributed by atoms with Crippen molar-refractivity contribution in [3.8, 4) is 0 Å². The first-order valence-corrected chi connectivity index (χ1v) is 9.47. The van der Waals surface area contributed by atoms with E-state index in [-0.39, 0.29) is 5.28 Å². The van der Waals surface area contributed by atoms with Crippen molar-refractivity contribution in [3.63, 3.8) is 0 Å². The molecule has 0 amide bonds. The first kappa shape index (κ1) is 18.1. The normalized spacial score (nSPS) is 11.5. The topological polar surface area (TPSA) is 25.8 Å². The number of halogens is 3. The highest BCUT2D eigenvalue weighted by atomic mass is 79.9. The zero-order valence-corrected chi connectivity index (χ0v) is 17.0. The Labute approximate surface area is 168 Å². The van der Waals surface area contributed by atoms with E-state index >= 15 is 0 Å². The van der Waals surface area contributed by atoms with Crippen LogP contribution in [0.5, 0.6) is 0 Å². The summed E-state index contributed by atoms with van der Waals surface area (Å²) in [5.74, 6) is 0. The van der Waals surface area contributed by atoms with Crippen molar-refractivity contribution in [1.29, 1.82) is 0 Å². The molecule has 124 valence electrons. The first-order valence-electron chi connectivity index (χ1n) is 7.50. The van der Waals surface area contributed by atoms with Gasteiger partial charge < -0.3 is 0 Å². The summed E-state index contributed by atoms with van der Waals surface area (Å²) in [6.45, 7) is 0. The van der Waals surface area contributed by atoms with Crippen LogP contribution in [0.4, 0.5) is 0 Å². The van der Waals surface area contributed by atoms with Crippen LogP contribution in [0.1, 0.15) is 22.5 Å². The van der Waals surface area contributed by atoms with Gasteiger partial charge in [-0.15, -0.1) is 0 Å². The number of nitrogens with zero attached hydrogens (tertiary/aromatic N) is 2. The van der Waals surface area contributed by atoms with Gasteiger partial charge in [-0.25, -0.2) is 9.97 Å². The van der Waals surface area contributed by atoms with Gasteiger partial charge in [-0.05, 0) is 65.2 Å². The Morgan fingerprint density at radius 2 is 1.04 bits per heavy atom. The quantitative estimate of drug-likeness (QED) is 0.379. The zero-order valence-electron chi connectivity index (χ0n) is 13.0. The van der Waals surface area contributed by atoms with Gasteiger partial charge in [0.1, 0.15) is 0 Å². The van der Waals surface area contributed by atoms with Crippen molar-refractivity contribution in [1.82, 2.24) is 9.97 Å². The van der Waals surface area contributed by atoms with Gasteiger partial charge in [0.05, 0.1) is 11.4 Å². The monoisotopic (exact) mass is 474 g/mol. The highest BCUT2D eigenvalue weighted by Gasteiger charge is 1.99. The molecule has 0 aliphatic carbocycles. The maximum absolute atomic E-state index is 6.05. The Morgan fingerprint density at radius 1 is 0.640 bits per heavy atom. The van der Waals surface area contributed by atoms with Gasteiger partial charge in [0.15, 0.2) is 0 Å². The van der Waals surface area contributed by atoms with Crippen molar-refractivity contribution in [2.75, 3.05) is 0 Å². The van der Waals surface area contributed by atoms with Crippen molar-refractivity contribution in [2.45, 2.75) is 0 Å². The number of hydrogen-bond donors (Lipinski definition) is 0. The number of aromatic nitrogens is 2. The largest absolute Gasteiger partial charge is 0.223 e. The molecule has 0 saturated carbocycles. The molecule has 0 spiro atoms. The summed E-state index contributed by atoms with van der Waals surface area (Å²) in [4.78, 5) is 8.50. The highest BCUT2D eigenvalue weighted by Crippen LogP contribution is 2.16. The minimum Gasteiger partial charge on any atom is -0.218 e. The van der Waals surface area contributed by atoms with Gasteiger partial charge in [-0.2, -0.15) is 0 Å². The Bertz CT molecular complexity index is 844. The molecule has 0 atom stereocenters. The van der Waals surface area contributed by atoms with Crippen LogP contribution in [0, 0.1) is 0 Å². The second kappa shape index (κ2) is 8.56. The summed E-state index contributed by atoms with van der Waals surface area (Å²) in [7, 11) is 0. The molecular formula is C20H13Br2ClN2. The van der Waals surface area contributed by atoms with Gasteiger partial charge >= 0.3 is 0 Å². The maximum Gasteiger partial charge on any atom is 0.223 e. The van der Waals surface area contributed by atoms with Gasteiger partial charge in [0, 0.05) is 8.95 Å². The predicted molar refractivity (Wildman–Crippen MR) is 113 cm³/mol. The van der Waals surface area contributed by atoms with Gasteiger partial charge in [-0.3, -0.25) is 0 Å². The number of benzene rings is 2. The first-order chi connectivity index (χ1) is 12.1. The average molecular weight is 477 g/mol. The maximum atomic E-state index is 6.05. The molecule has 0 aliphatic heterocycles. The summed E-state index contributed by atoms with van der Waals surface area (Å²) < 4.78 is 2.10. The average Bonchev–Trinajstić information content (AvgIpc) is 2.60. The molecule has 0 fully saturated rings. The summed E-state index contributed by atoms with van der Waals surface area (Å²) in [6.07, 6.45) is 7.84. The van der Waals surface area contributed by atoms with E-state index in [4.69, 9.17) is 11.6 Å². The lowest BCUT2D eigenvalue weighted by Gasteiger charge is -1.99. The van der Waals surface area contributed by atoms with Crippen LogP contribution in [0.2, 0.25) is 5.28 Å². The van der Waals surface area contributed by atoms with Gasteiger partial charge in [0.25, 0.3) is 0 Å². The SMILES string of the molecule is Clc1nc(C=Cc2ccc(Br)cc2)cc(C=Cc2ccc(Br)cc2)n1. The van der Waals surface area contributed by atoms with Crippen LogP contribution >= 0.6 is 43.5 Å². The van der Waals surface area contributed by atoms with Crippen LogP contribution in [-0.4, -0.2) is 9.97 Å². The molecule has 0 unspecified atom stereocenters. The number of hydrogen-bond acceptors (Lipinski definition) is 2. The third-order valence-electron chi connectivity index (χ3n) is 3.37. The molecule has 0 radical (unpaired) electrons. The highest BCUT2D eigenvalue weighted by molar-refractivity contribution is 9.10. The van der Waals surface area contributed by atoms with Crippen LogP contribution in [0.15, 0.2) is 63.5 Å². The Balaban J connectivity index is 1.80. The smallest absolute Gasteiger partial charge is 0.218 e. The van der Waals surface area contributed by atoms with E-state index in [1.54, 1.807) is 0 Å². The molecule has 3 rings (SSSR count). The zero-order chi connectivity index (χ0) is 17.6.